The van der Waals surface area contributed by atoms with Crippen LogP contribution in [0, 0.1) is 11.3 Å². The number of hydrogen-bond acceptors (Lipinski definition) is 5. The summed E-state index contributed by atoms with van der Waals surface area (Å²) in [6.07, 6.45) is -3.38. The third kappa shape index (κ3) is 7.59. The number of ether oxygens (including phenoxy) is 2. The third-order valence-electron chi connectivity index (χ3n) is 4.82. The van der Waals surface area contributed by atoms with E-state index in [2.05, 4.69) is 26.6 Å². The fourth-order valence-corrected chi connectivity index (χ4v) is 3.50. The van der Waals surface area contributed by atoms with Crippen molar-refractivity contribution in [1.82, 2.24) is 0 Å². The van der Waals surface area contributed by atoms with E-state index < -0.39 is 30.2 Å². The van der Waals surface area contributed by atoms with Gasteiger partial charge in [-0.05, 0) is 54.6 Å². The van der Waals surface area contributed by atoms with Crippen molar-refractivity contribution >= 4 is 45.2 Å². The molecule has 3 aromatic carbocycles. The van der Waals surface area contributed by atoms with Gasteiger partial charge in [0.2, 0.25) is 0 Å². The number of carbonyl (C=O) groups is 2. The van der Waals surface area contributed by atoms with E-state index in [9.17, 15) is 28.0 Å². The molecule has 0 aliphatic rings. The maximum absolute atomic E-state index is 13.0. The Kier molecular flexibility index (Phi) is 8.92. The number of benzene rings is 3. The summed E-state index contributed by atoms with van der Waals surface area (Å²) >= 11 is 3.30. The first-order valence-electron chi connectivity index (χ1n) is 10.6. The van der Waals surface area contributed by atoms with Gasteiger partial charge in [-0.15, -0.1) is 0 Å². The molecule has 0 saturated carbocycles. The molecule has 7 nitrogen and oxygen atoms in total. The number of nitriles is 1. The molecule has 3 aromatic rings. The van der Waals surface area contributed by atoms with E-state index in [0.29, 0.717) is 15.9 Å². The molecule has 0 unspecified atom stereocenters. The molecular weight excluding hydrogens is 555 g/mol. The highest BCUT2D eigenvalue weighted by atomic mass is 79.9. The summed E-state index contributed by atoms with van der Waals surface area (Å²) in [5.41, 5.74) is -0.719. The molecule has 0 fully saturated rings. The number of nitrogens with zero attached hydrogens (tertiary/aromatic N) is 1. The number of methoxy groups -OCH3 is 1. The van der Waals surface area contributed by atoms with Crippen LogP contribution < -0.4 is 20.1 Å². The van der Waals surface area contributed by atoms with Crippen molar-refractivity contribution in [2.45, 2.75) is 6.18 Å². The molecule has 0 spiro atoms. The fraction of sp³-hybridized carbons (Fsp3) is 0.115. The van der Waals surface area contributed by atoms with Crippen molar-refractivity contribution in [2.75, 3.05) is 24.4 Å². The molecule has 0 saturated heterocycles. The van der Waals surface area contributed by atoms with Gasteiger partial charge in [0, 0.05) is 15.7 Å². The Morgan fingerprint density at radius 2 is 1.78 bits per heavy atom. The smallest absolute Gasteiger partial charge is 0.416 e. The first-order valence-corrected chi connectivity index (χ1v) is 11.4. The van der Waals surface area contributed by atoms with Gasteiger partial charge >= 0.3 is 6.18 Å². The van der Waals surface area contributed by atoms with Gasteiger partial charge in [0.25, 0.3) is 11.8 Å². The number of hydrogen-bond donors (Lipinski definition) is 2. The maximum atomic E-state index is 13.0. The van der Waals surface area contributed by atoms with Gasteiger partial charge in [-0.3, -0.25) is 9.59 Å². The predicted octanol–water partition coefficient (Wildman–Crippen LogP) is 6.04. The van der Waals surface area contributed by atoms with E-state index in [0.717, 1.165) is 18.2 Å². The molecule has 2 N–H and O–H groups in total. The maximum Gasteiger partial charge on any atom is 0.416 e. The number of para-hydroxylation sites is 2. The zero-order chi connectivity index (χ0) is 27.0. The second kappa shape index (κ2) is 12.1. The van der Waals surface area contributed by atoms with Crippen LogP contribution in [-0.4, -0.2) is 25.5 Å². The number of alkyl halides is 3. The molecule has 11 heteroatoms. The Bertz CT molecular complexity index is 1380. The Morgan fingerprint density at radius 3 is 2.49 bits per heavy atom. The van der Waals surface area contributed by atoms with Gasteiger partial charge < -0.3 is 20.1 Å². The van der Waals surface area contributed by atoms with Crippen LogP contribution in [0.3, 0.4) is 0 Å². The summed E-state index contributed by atoms with van der Waals surface area (Å²) in [7, 11) is 1.47. The second-order valence-electron chi connectivity index (χ2n) is 7.42. The zero-order valence-electron chi connectivity index (χ0n) is 19.2. The summed E-state index contributed by atoms with van der Waals surface area (Å²) in [5.74, 6) is -0.738. The van der Waals surface area contributed by atoms with E-state index >= 15 is 0 Å². The second-order valence-corrected chi connectivity index (χ2v) is 8.34. The number of amides is 2. The van der Waals surface area contributed by atoms with Gasteiger partial charge in [0.1, 0.15) is 23.1 Å². The van der Waals surface area contributed by atoms with Crippen molar-refractivity contribution < 1.29 is 32.2 Å². The molecule has 0 aliphatic heterocycles. The van der Waals surface area contributed by atoms with Crippen LogP contribution in [0.5, 0.6) is 11.5 Å². The van der Waals surface area contributed by atoms with Gasteiger partial charge in [0.15, 0.2) is 6.61 Å². The minimum atomic E-state index is -4.59. The molecule has 0 atom stereocenters. The summed E-state index contributed by atoms with van der Waals surface area (Å²) in [6, 6.07) is 17.3. The van der Waals surface area contributed by atoms with Crippen LogP contribution in [0.4, 0.5) is 24.5 Å². The Hall–Kier alpha value is -4.30. The molecular formula is C26H19BrF3N3O4. The zero-order valence-corrected chi connectivity index (χ0v) is 20.8. The standard InChI is InChI=1S/C26H19BrF3N3O4/c1-36-23-8-3-2-7-21(23)33-24(34)15-37-22-10-9-19(27)12-16(22)11-17(14-31)25(35)32-20-6-4-5-18(13-20)26(28,29)30/h2-13H,15H2,1H3,(H,32,35)(H,33,34)/b17-11+. The van der Waals surface area contributed by atoms with Crippen LogP contribution in [0.25, 0.3) is 6.08 Å². The molecule has 190 valence electrons. The van der Waals surface area contributed by atoms with Crippen LogP contribution in [0.15, 0.2) is 76.8 Å². The summed E-state index contributed by atoms with van der Waals surface area (Å²) < 4.78 is 50.3. The molecule has 2 amide bonds. The van der Waals surface area contributed by atoms with Gasteiger partial charge in [-0.25, -0.2) is 0 Å². The first-order chi connectivity index (χ1) is 17.6. The highest BCUT2D eigenvalue weighted by Gasteiger charge is 2.30. The Morgan fingerprint density at radius 1 is 1.03 bits per heavy atom. The molecule has 0 aromatic heterocycles. The van der Waals surface area contributed by atoms with E-state index in [1.807, 2.05) is 0 Å². The van der Waals surface area contributed by atoms with Crippen LogP contribution in [-0.2, 0) is 15.8 Å². The number of anilines is 2. The predicted molar refractivity (Wildman–Crippen MR) is 135 cm³/mol. The van der Waals surface area contributed by atoms with Crippen LogP contribution in [0.1, 0.15) is 11.1 Å². The van der Waals surface area contributed by atoms with Crippen molar-refractivity contribution in [3.63, 3.8) is 0 Å². The van der Waals surface area contributed by atoms with Gasteiger partial charge in [-0.1, -0.05) is 34.1 Å². The first kappa shape index (κ1) is 27.3. The number of carbonyl (C=O) groups excluding carboxylic acids is 2. The largest absolute Gasteiger partial charge is 0.495 e. The Balaban J connectivity index is 1.77. The molecule has 0 heterocycles. The molecule has 37 heavy (non-hydrogen) atoms. The Labute approximate surface area is 218 Å². The van der Waals surface area contributed by atoms with Crippen molar-refractivity contribution in [1.29, 1.82) is 5.26 Å². The summed E-state index contributed by atoms with van der Waals surface area (Å²) in [5, 5.41) is 14.5. The van der Waals surface area contributed by atoms with E-state index in [-0.39, 0.29) is 22.6 Å². The number of nitrogens with one attached hydrogen (secondary N) is 2. The molecule has 0 bridgehead atoms. The SMILES string of the molecule is COc1ccccc1NC(=O)COc1ccc(Br)cc1/C=C(\C#N)C(=O)Nc1cccc(C(F)(F)F)c1. The normalized spacial score (nSPS) is 11.3. The molecule has 3 rings (SSSR count). The lowest BCUT2D eigenvalue weighted by atomic mass is 10.1. The van der Waals surface area contributed by atoms with Crippen molar-refractivity contribution in [3.8, 4) is 17.6 Å². The molecule has 0 aliphatic carbocycles. The lowest BCUT2D eigenvalue weighted by Gasteiger charge is -2.12. The topological polar surface area (TPSA) is 100 Å². The average molecular weight is 574 g/mol. The van der Waals surface area contributed by atoms with Crippen LogP contribution in [0.2, 0.25) is 0 Å². The van der Waals surface area contributed by atoms with Gasteiger partial charge in [0.05, 0.1) is 18.4 Å². The third-order valence-corrected chi connectivity index (χ3v) is 5.32. The van der Waals surface area contributed by atoms with Crippen LogP contribution >= 0.6 is 15.9 Å². The molecule has 0 radical (unpaired) electrons. The van der Waals surface area contributed by atoms with E-state index in [4.69, 9.17) is 9.47 Å². The number of halogens is 4. The van der Waals surface area contributed by atoms with Crippen molar-refractivity contribution in [3.05, 3.63) is 87.9 Å². The lowest BCUT2D eigenvalue weighted by molar-refractivity contribution is -0.137. The summed E-state index contributed by atoms with van der Waals surface area (Å²) in [6.45, 7) is -0.390. The quantitative estimate of drug-likeness (QED) is 0.253. The van der Waals surface area contributed by atoms with E-state index in [1.165, 1.54) is 25.3 Å². The van der Waals surface area contributed by atoms with Gasteiger partial charge in [-0.2, -0.15) is 18.4 Å². The average Bonchev–Trinajstić information content (AvgIpc) is 2.86. The fourth-order valence-electron chi connectivity index (χ4n) is 3.12. The lowest BCUT2D eigenvalue weighted by Crippen LogP contribution is -2.20. The highest BCUT2D eigenvalue weighted by molar-refractivity contribution is 9.10. The minimum Gasteiger partial charge on any atom is -0.495 e. The van der Waals surface area contributed by atoms with E-state index in [1.54, 1.807) is 42.5 Å². The van der Waals surface area contributed by atoms with Crippen molar-refractivity contribution in [2.24, 2.45) is 0 Å². The minimum absolute atomic E-state index is 0.125. The summed E-state index contributed by atoms with van der Waals surface area (Å²) in [4.78, 5) is 25.0. The highest BCUT2D eigenvalue weighted by Crippen LogP contribution is 2.31. The monoisotopic (exact) mass is 573 g/mol. The number of rotatable bonds is 8.